The summed E-state index contributed by atoms with van der Waals surface area (Å²) in [4.78, 5) is 13.3. The molecule has 0 N–H and O–H groups in total. The molecule has 0 aliphatic heterocycles. The molecule has 2 aromatic carbocycles. The van der Waals surface area contributed by atoms with Gasteiger partial charge < -0.3 is 14.2 Å². The van der Waals surface area contributed by atoms with E-state index in [-0.39, 0.29) is 28.9 Å². The molecule has 0 heterocycles. The first-order valence-corrected chi connectivity index (χ1v) is 11.2. The summed E-state index contributed by atoms with van der Waals surface area (Å²) < 4.78 is 29.7. The van der Waals surface area contributed by atoms with Crippen LogP contribution in [-0.2, 0) is 20.9 Å². The Labute approximate surface area is 186 Å². The summed E-state index contributed by atoms with van der Waals surface area (Å²) in [7, 11) is 1.63. The third-order valence-electron chi connectivity index (χ3n) is 5.19. The largest absolute Gasteiger partial charge is 0.497 e. The first-order chi connectivity index (χ1) is 14.5. The molecule has 3 rings (SSSR count). The lowest BCUT2D eigenvalue weighted by atomic mass is 9.97. The average Bonchev–Trinajstić information content (AvgIpc) is 3.13. The van der Waals surface area contributed by atoms with E-state index in [4.69, 9.17) is 25.8 Å². The van der Waals surface area contributed by atoms with E-state index in [0.29, 0.717) is 31.3 Å². The Morgan fingerprint density at radius 3 is 2.63 bits per heavy atom. The maximum Gasteiger partial charge on any atom is 0.309 e. The number of hydrogen-bond acceptors (Lipinski definition) is 5. The van der Waals surface area contributed by atoms with Crippen molar-refractivity contribution in [3.63, 3.8) is 0 Å². The minimum Gasteiger partial charge on any atom is -0.497 e. The number of rotatable bonds is 9. The second-order valence-electron chi connectivity index (χ2n) is 7.27. The van der Waals surface area contributed by atoms with E-state index >= 15 is 0 Å². The third kappa shape index (κ3) is 6.13. The van der Waals surface area contributed by atoms with E-state index < -0.39 is 0 Å². The van der Waals surface area contributed by atoms with Gasteiger partial charge in [0.2, 0.25) is 0 Å². The van der Waals surface area contributed by atoms with E-state index in [0.717, 1.165) is 22.6 Å². The first-order valence-electron chi connectivity index (χ1n) is 9.99. The molecule has 1 saturated carbocycles. The zero-order valence-electron chi connectivity index (χ0n) is 17.1. The van der Waals surface area contributed by atoms with E-state index in [1.54, 1.807) is 24.9 Å². The maximum atomic E-state index is 13.3. The first kappa shape index (κ1) is 22.9. The molecule has 1 aliphatic carbocycles. The molecule has 162 valence electrons. The summed E-state index contributed by atoms with van der Waals surface area (Å²) in [5, 5.41) is 0.587. The monoisotopic (exact) mass is 452 g/mol. The SMILES string of the molecule is CCOC(=O)[C@@H]1C[C@@H](Sc2ccc(F)cc2Cl)C[C@H]1COCc1ccc(OC)cc1. The number of ether oxygens (including phenoxy) is 3. The molecule has 0 amide bonds. The van der Waals surface area contributed by atoms with Gasteiger partial charge in [-0.2, -0.15) is 0 Å². The van der Waals surface area contributed by atoms with Gasteiger partial charge in [-0.15, -0.1) is 11.8 Å². The fourth-order valence-corrected chi connectivity index (χ4v) is 5.32. The van der Waals surface area contributed by atoms with Crippen LogP contribution < -0.4 is 4.74 Å². The molecule has 4 nitrogen and oxygen atoms in total. The number of esters is 1. The van der Waals surface area contributed by atoms with Crippen LogP contribution in [0, 0.1) is 17.7 Å². The Bertz CT molecular complexity index is 846. The van der Waals surface area contributed by atoms with Gasteiger partial charge >= 0.3 is 5.97 Å². The Kier molecular flexibility index (Phi) is 8.42. The van der Waals surface area contributed by atoms with Crippen LogP contribution in [0.5, 0.6) is 5.75 Å². The van der Waals surface area contributed by atoms with Gasteiger partial charge in [-0.3, -0.25) is 4.79 Å². The standard InChI is InChI=1S/C23H26ClFO4S/c1-3-29-23(26)20-12-19(30-22-9-6-17(25)11-21(22)24)10-16(20)14-28-13-15-4-7-18(27-2)8-5-15/h4-9,11,16,19-20H,3,10,12-14H2,1-2H3/t16-,19-,20+/m0/s1. The molecule has 3 atom stereocenters. The van der Waals surface area contributed by atoms with Crippen molar-refractivity contribution in [1.29, 1.82) is 0 Å². The van der Waals surface area contributed by atoms with Crippen molar-refractivity contribution < 1.29 is 23.4 Å². The molecule has 2 aromatic rings. The fourth-order valence-electron chi connectivity index (χ4n) is 3.69. The molecular weight excluding hydrogens is 427 g/mol. The van der Waals surface area contributed by atoms with Crippen LogP contribution in [0.4, 0.5) is 4.39 Å². The molecule has 0 saturated heterocycles. The van der Waals surface area contributed by atoms with Crippen molar-refractivity contribution in [1.82, 2.24) is 0 Å². The lowest BCUT2D eigenvalue weighted by molar-refractivity contribution is -0.150. The topological polar surface area (TPSA) is 44.8 Å². The molecular formula is C23H26ClFO4S. The summed E-state index contributed by atoms with van der Waals surface area (Å²) in [6, 6.07) is 12.1. The highest BCUT2D eigenvalue weighted by Gasteiger charge is 2.40. The van der Waals surface area contributed by atoms with Gasteiger partial charge in [0, 0.05) is 10.1 Å². The molecule has 0 spiro atoms. The van der Waals surface area contributed by atoms with E-state index in [1.165, 1.54) is 12.1 Å². The molecule has 1 aliphatic rings. The average molecular weight is 453 g/mol. The summed E-state index contributed by atoms with van der Waals surface area (Å²) in [6.45, 7) is 3.12. The predicted molar refractivity (Wildman–Crippen MR) is 117 cm³/mol. The zero-order chi connectivity index (χ0) is 21.5. The van der Waals surface area contributed by atoms with E-state index in [1.807, 2.05) is 31.2 Å². The van der Waals surface area contributed by atoms with Crippen molar-refractivity contribution in [3.05, 3.63) is 58.9 Å². The molecule has 0 radical (unpaired) electrons. The van der Waals surface area contributed by atoms with Crippen molar-refractivity contribution in [2.75, 3.05) is 20.3 Å². The lowest BCUT2D eigenvalue weighted by Gasteiger charge is -2.18. The van der Waals surface area contributed by atoms with E-state index in [2.05, 4.69) is 0 Å². The normalized spacial score (nSPS) is 20.9. The number of thioether (sulfide) groups is 1. The number of halogens is 2. The van der Waals surface area contributed by atoms with Crippen LogP contribution in [0.3, 0.4) is 0 Å². The highest BCUT2D eigenvalue weighted by molar-refractivity contribution is 8.00. The van der Waals surface area contributed by atoms with Crippen molar-refractivity contribution >= 4 is 29.3 Å². The fraction of sp³-hybridized carbons (Fsp3) is 0.435. The Morgan fingerprint density at radius 1 is 1.20 bits per heavy atom. The van der Waals surface area contributed by atoms with Crippen LogP contribution in [0.15, 0.2) is 47.4 Å². The van der Waals surface area contributed by atoms with Gasteiger partial charge in [-0.25, -0.2) is 4.39 Å². The summed E-state index contributed by atoms with van der Waals surface area (Å²) in [5.74, 6) is 0.127. The number of carbonyl (C=O) groups is 1. The van der Waals surface area contributed by atoms with Gasteiger partial charge in [0.05, 0.1) is 37.9 Å². The molecule has 1 fully saturated rings. The number of hydrogen-bond donors (Lipinski definition) is 0. The Balaban J connectivity index is 1.60. The second-order valence-corrected chi connectivity index (χ2v) is 9.02. The van der Waals surface area contributed by atoms with Crippen LogP contribution >= 0.6 is 23.4 Å². The molecule has 7 heteroatoms. The highest BCUT2D eigenvalue weighted by atomic mass is 35.5. The Hall–Kier alpha value is -1.76. The number of methoxy groups -OCH3 is 1. The van der Waals surface area contributed by atoms with Gasteiger partial charge in [0.15, 0.2) is 0 Å². The minimum absolute atomic E-state index is 0.0685. The van der Waals surface area contributed by atoms with Crippen LogP contribution in [0.2, 0.25) is 5.02 Å². The minimum atomic E-state index is -0.356. The predicted octanol–water partition coefficient (Wildman–Crippen LogP) is 5.75. The number of carbonyl (C=O) groups excluding carboxylic acids is 1. The smallest absolute Gasteiger partial charge is 0.309 e. The zero-order valence-corrected chi connectivity index (χ0v) is 18.7. The van der Waals surface area contributed by atoms with Crippen molar-refractivity contribution in [2.24, 2.45) is 11.8 Å². The van der Waals surface area contributed by atoms with Gasteiger partial charge in [-0.05, 0) is 61.6 Å². The van der Waals surface area contributed by atoms with Crippen LogP contribution in [-0.4, -0.2) is 31.5 Å². The van der Waals surface area contributed by atoms with Gasteiger partial charge in [-0.1, -0.05) is 23.7 Å². The summed E-state index contributed by atoms with van der Waals surface area (Å²) >= 11 is 7.77. The quantitative estimate of drug-likeness (QED) is 0.453. The summed E-state index contributed by atoms with van der Waals surface area (Å²) in [5.41, 5.74) is 1.05. The van der Waals surface area contributed by atoms with Crippen LogP contribution in [0.1, 0.15) is 25.3 Å². The molecule has 0 aromatic heterocycles. The highest BCUT2D eigenvalue weighted by Crippen LogP contribution is 2.44. The third-order valence-corrected chi connectivity index (χ3v) is 6.94. The lowest BCUT2D eigenvalue weighted by Crippen LogP contribution is -2.24. The second kappa shape index (κ2) is 11.0. The number of benzene rings is 2. The molecule has 0 bridgehead atoms. The van der Waals surface area contributed by atoms with Crippen molar-refractivity contribution in [2.45, 2.75) is 36.5 Å². The molecule has 0 unspecified atom stereocenters. The van der Waals surface area contributed by atoms with Crippen LogP contribution in [0.25, 0.3) is 0 Å². The summed E-state index contributed by atoms with van der Waals surface area (Å²) in [6.07, 6.45) is 1.50. The van der Waals surface area contributed by atoms with Crippen molar-refractivity contribution in [3.8, 4) is 5.75 Å². The molecule has 30 heavy (non-hydrogen) atoms. The maximum absolute atomic E-state index is 13.3. The van der Waals surface area contributed by atoms with Gasteiger partial charge in [0.25, 0.3) is 0 Å². The van der Waals surface area contributed by atoms with E-state index in [9.17, 15) is 9.18 Å². The Morgan fingerprint density at radius 2 is 1.97 bits per heavy atom. The van der Waals surface area contributed by atoms with Gasteiger partial charge in [0.1, 0.15) is 11.6 Å².